The van der Waals surface area contributed by atoms with Gasteiger partial charge in [-0.15, -0.1) is 11.6 Å². The van der Waals surface area contributed by atoms with Gasteiger partial charge >= 0.3 is 0 Å². The van der Waals surface area contributed by atoms with Gasteiger partial charge in [-0.2, -0.15) is 0 Å². The number of methoxy groups -OCH3 is 1. The van der Waals surface area contributed by atoms with Gasteiger partial charge in [0.25, 0.3) is 5.91 Å². The number of carbonyl (C=O) groups excluding carboxylic acids is 1. The van der Waals surface area contributed by atoms with Crippen LogP contribution in [0.5, 0.6) is 5.75 Å². The summed E-state index contributed by atoms with van der Waals surface area (Å²) in [7, 11) is 3.03. The molecule has 0 aliphatic carbocycles. The molecule has 0 saturated heterocycles. The average molecular weight is 258 g/mol. The number of ether oxygens (including phenoxy) is 1. The number of para-hydroxylation sites is 1. The molecular formula is C12H16ClNO3. The molecule has 1 rings (SSSR count). The minimum Gasteiger partial charge on any atom is -0.496 e. The van der Waals surface area contributed by atoms with E-state index in [9.17, 15) is 4.79 Å². The van der Waals surface area contributed by atoms with Gasteiger partial charge in [-0.25, -0.2) is 5.06 Å². The van der Waals surface area contributed by atoms with Crippen molar-refractivity contribution in [3.05, 3.63) is 29.8 Å². The summed E-state index contributed by atoms with van der Waals surface area (Å²) in [5.74, 6) is 0.310. The van der Waals surface area contributed by atoms with Crippen molar-refractivity contribution >= 4 is 17.5 Å². The van der Waals surface area contributed by atoms with Gasteiger partial charge in [0, 0.05) is 5.56 Å². The fourth-order valence-corrected chi connectivity index (χ4v) is 1.79. The summed E-state index contributed by atoms with van der Waals surface area (Å²) in [5, 5.41) is 1.24. The summed E-state index contributed by atoms with van der Waals surface area (Å²) >= 11 is 5.53. The lowest BCUT2D eigenvalue weighted by Crippen LogP contribution is -2.33. The Morgan fingerprint density at radius 1 is 1.41 bits per heavy atom. The Labute approximate surface area is 106 Å². The second kappa shape index (κ2) is 6.47. The van der Waals surface area contributed by atoms with Crippen LogP contribution in [0.3, 0.4) is 0 Å². The number of benzene rings is 1. The fourth-order valence-electron chi connectivity index (χ4n) is 1.67. The molecule has 1 aromatic carbocycles. The van der Waals surface area contributed by atoms with Crippen molar-refractivity contribution in [1.29, 1.82) is 0 Å². The highest BCUT2D eigenvalue weighted by Crippen LogP contribution is 2.28. The molecule has 17 heavy (non-hydrogen) atoms. The van der Waals surface area contributed by atoms with Crippen molar-refractivity contribution in [3.63, 3.8) is 0 Å². The normalized spacial score (nSPS) is 12.0. The van der Waals surface area contributed by atoms with Crippen LogP contribution in [0.15, 0.2) is 24.3 Å². The van der Waals surface area contributed by atoms with Gasteiger partial charge in [-0.3, -0.25) is 9.63 Å². The van der Waals surface area contributed by atoms with E-state index in [0.29, 0.717) is 5.75 Å². The maximum atomic E-state index is 11.6. The van der Waals surface area contributed by atoms with Crippen molar-refractivity contribution < 1.29 is 14.4 Å². The SMILES string of the molecule is COc1ccccc1C(C)N(OC)C(=O)CCl. The highest BCUT2D eigenvalue weighted by molar-refractivity contribution is 6.27. The number of hydrogen-bond acceptors (Lipinski definition) is 3. The molecular weight excluding hydrogens is 242 g/mol. The number of alkyl halides is 1. The van der Waals surface area contributed by atoms with Crippen molar-refractivity contribution in [2.75, 3.05) is 20.1 Å². The first-order chi connectivity index (χ1) is 8.15. The highest BCUT2D eigenvalue weighted by atomic mass is 35.5. The van der Waals surface area contributed by atoms with Gasteiger partial charge in [0.05, 0.1) is 20.3 Å². The Kier molecular flexibility index (Phi) is 5.25. The van der Waals surface area contributed by atoms with E-state index < -0.39 is 0 Å². The van der Waals surface area contributed by atoms with E-state index >= 15 is 0 Å². The summed E-state index contributed by atoms with van der Waals surface area (Å²) in [6.07, 6.45) is 0. The molecule has 4 nitrogen and oxygen atoms in total. The van der Waals surface area contributed by atoms with Gasteiger partial charge in [-0.1, -0.05) is 18.2 Å². The summed E-state index contributed by atoms with van der Waals surface area (Å²) in [6.45, 7) is 1.85. The van der Waals surface area contributed by atoms with Crippen LogP contribution < -0.4 is 4.74 Å². The molecule has 0 fully saturated rings. The van der Waals surface area contributed by atoms with Crippen LogP contribution in [0, 0.1) is 0 Å². The van der Waals surface area contributed by atoms with Crippen LogP contribution in [0.25, 0.3) is 0 Å². The number of hydroxylamine groups is 2. The molecule has 0 radical (unpaired) electrons. The molecule has 0 N–H and O–H groups in total. The van der Waals surface area contributed by atoms with Gasteiger partial charge in [0.2, 0.25) is 0 Å². The van der Waals surface area contributed by atoms with E-state index in [4.69, 9.17) is 21.2 Å². The second-order valence-corrected chi connectivity index (χ2v) is 3.72. The predicted octanol–water partition coefficient (Wildman–Crippen LogP) is 2.39. The molecule has 0 aliphatic heterocycles. The third-order valence-corrected chi connectivity index (χ3v) is 2.73. The largest absolute Gasteiger partial charge is 0.496 e. The molecule has 1 unspecified atom stereocenters. The minimum atomic E-state index is -0.285. The third-order valence-electron chi connectivity index (χ3n) is 2.50. The highest BCUT2D eigenvalue weighted by Gasteiger charge is 2.23. The van der Waals surface area contributed by atoms with Crippen LogP contribution in [0.1, 0.15) is 18.5 Å². The summed E-state index contributed by atoms with van der Waals surface area (Å²) in [4.78, 5) is 16.6. The minimum absolute atomic E-state index is 0.118. The van der Waals surface area contributed by atoms with Crippen molar-refractivity contribution in [3.8, 4) is 5.75 Å². The number of rotatable bonds is 5. The maximum Gasteiger partial charge on any atom is 0.261 e. The van der Waals surface area contributed by atoms with Crippen LogP contribution in [0.4, 0.5) is 0 Å². The first-order valence-electron chi connectivity index (χ1n) is 5.20. The van der Waals surface area contributed by atoms with E-state index in [-0.39, 0.29) is 17.8 Å². The molecule has 1 aromatic rings. The summed E-state index contributed by atoms with van der Waals surface area (Å²) in [6, 6.07) is 7.22. The third kappa shape index (κ3) is 3.11. The lowest BCUT2D eigenvalue weighted by Gasteiger charge is -2.27. The first kappa shape index (κ1) is 13.8. The maximum absolute atomic E-state index is 11.6. The van der Waals surface area contributed by atoms with E-state index in [0.717, 1.165) is 5.56 Å². The lowest BCUT2D eigenvalue weighted by atomic mass is 10.1. The number of hydrogen-bond donors (Lipinski definition) is 0. The smallest absolute Gasteiger partial charge is 0.261 e. The summed E-state index contributed by atoms with van der Waals surface area (Å²) < 4.78 is 5.25. The quantitative estimate of drug-likeness (QED) is 0.601. The standard InChI is InChI=1S/C12H16ClNO3/c1-9(14(17-3)12(15)8-13)10-6-4-5-7-11(10)16-2/h4-7,9H,8H2,1-3H3. The van der Waals surface area contributed by atoms with E-state index in [1.807, 2.05) is 31.2 Å². The fraction of sp³-hybridized carbons (Fsp3) is 0.417. The number of amides is 1. The molecule has 94 valence electrons. The van der Waals surface area contributed by atoms with Crippen LogP contribution >= 0.6 is 11.6 Å². The number of halogens is 1. The van der Waals surface area contributed by atoms with Crippen molar-refractivity contribution in [2.45, 2.75) is 13.0 Å². The zero-order valence-electron chi connectivity index (χ0n) is 10.1. The zero-order valence-corrected chi connectivity index (χ0v) is 10.9. The summed E-state index contributed by atoms with van der Waals surface area (Å²) in [5.41, 5.74) is 0.871. The number of nitrogens with zero attached hydrogens (tertiary/aromatic N) is 1. The molecule has 5 heteroatoms. The molecule has 0 saturated carbocycles. The van der Waals surface area contributed by atoms with Gasteiger partial charge in [-0.05, 0) is 13.0 Å². The van der Waals surface area contributed by atoms with Crippen LogP contribution in [-0.4, -0.2) is 31.1 Å². The Bertz CT molecular complexity index is 384. The van der Waals surface area contributed by atoms with Gasteiger partial charge < -0.3 is 4.74 Å². The monoisotopic (exact) mass is 257 g/mol. The molecule has 0 aromatic heterocycles. The first-order valence-corrected chi connectivity index (χ1v) is 5.74. The van der Waals surface area contributed by atoms with Crippen LogP contribution in [-0.2, 0) is 9.63 Å². The Morgan fingerprint density at radius 3 is 2.59 bits per heavy atom. The van der Waals surface area contributed by atoms with E-state index in [1.165, 1.54) is 12.2 Å². The molecule has 0 heterocycles. The van der Waals surface area contributed by atoms with E-state index in [1.54, 1.807) is 7.11 Å². The second-order valence-electron chi connectivity index (χ2n) is 3.45. The molecule has 1 amide bonds. The van der Waals surface area contributed by atoms with Crippen LogP contribution in [0.2, 0.25) is 0 Å². The number of carbonyl (C=O) groups is 1. The topological polar surface area (TPSA) is 38.8 Å². The zero-order chi connectivity index (χ0) is 12.8. The molecule has 0 spiro atoms. The predicted molar refractivity (Wildman–Crippen MR) is 66.0 cm³/mol. The Hall–Kier alpha value is -1.26. The van der Waals surface area contributed by atoms with Crippen molar-refractivity contribution in [1.82, 2.24) is 5.06 Å². The Balaban J connectivity index is 3.01. The Morgan fingerprint density at radius 2 is 2.06 bits per heavy atom. The lowest BCUT2D eigenvalue weighted by molar-refractivity contribution is -0.184. The van der Waals surface area contributed by atoms with Gasteiger partial charge in [0.15, 0.2) is 0 Å². The van der Waals surface area contributed by atoms with Gasteiger partial charge in [0.1, 0.15) is 11.6 Å². The molecule has 0 bridgehead atoms. The molecule has 1 atom stereocenters. The molecule has 0 aliphatic rings. The van der Waals surface area contributed by atoms with E-state index in [2.05, 4.69) is 0 Å². The van der Waals surface area contributed by atoms with Crippen molar-refractivity contribution in [2.24, 2.45) is 0 Å². The average Bonchev–Trinajstić information content (AvgIpc) is 2.38.